The Morgan fingerprint density at radius 1 is 1.31 bits per heavy atom. The number of non-ortho nitro benzene ring substituents is 1. The van der Waals surface area contributed by atoms with Crippen LogP contribution in [0, 0.1) is 34.2 Å². The third-order valence-corrected chi connectivity index (χ3v) is 8.24. The topological polar surface area (TPSA) is 139 Å². The number of halogens is 1. The molecule has 0 aliphatic carbocycles. The fraction of sp³-hybridized carbons (Fsp3) is 0.227. The number of nitro groups is 1. The second-order valence-electron chi connectivity index (χ2n) is 7.66. The van der Waals surface area contributed by atoms with E-state index in [0.717, 1.165) is 0 Å². The summed E-state index contributed by atoms with van der Waals surface area (Å²) in [6, 6.07) is 11.9. The van der Waals surface area contributed by atoms with E-state index in [0.29, 0.717) is 5.69 Å². The SMILES string of the molecule is COc1ccc([N+](=O)[O-])cc1N[P@@]1(=O)c2c(C)nn(CCC#N)c2N=C(c2ccccc2F)N1C. The average molecular weight is 497 g/mol. The van der Waals surface area contributed by atoms with E-state index in [-0.39, 0.29) is 52.6 Å². The number of nitrogens with zero attached hydrogens (tertiary/aromatic N) is 6. The van der Waals surface area contributed by atoms with E-state index in [1.807, 2.05) is 6.07 Å². The van der Waals surface area contributed by atoms with Crippen molar-refractivity contribution in [2.24, 2.45) is 4.99 Å². The van der Waals surface area contributed by atoms with Gasteiger partial charge in [0.15, 0.2) is 5.82 Å². The fourth-order valence-corrected chi connectivity index (χ4v) is 6.26. The number of fused-ring (bicyclic) bond motifs is 1. The first-order valence-corrected chi connectivity index (χ1v) is 12.1. The molecule has 13 heteroatoms. The number of nitrogens with one attached hydrogen (secondary N) is 1. The molecule has 0 amide bonds. The zero-order chi connectivity index (χ0) is 25.3. The van der Waals surface area contributed by atoms with Gasteiger partial charge in [0.1, 0.15) is 22.7 Å². The molecule has 0 fully saturated rings. The molecule has 4 rings (SSSR count). The Hall–Kier alpha value is -4.23. The maximum atomic E-state index is 14.8. The van der Waals surface area contributed by atoms with Crippen molar-refractivity contribution in [1.82, 2.24) is 14.5 Å². The van der Waals surface area contributed by atoms with E-state index < -0.39 is 18.2 Å². The third-order valence-electron chi connectivity index (χ3n) is 5.53. The van der Waals surface area contributed by atoms with Crippen molar-refractivity contribution in [3.8, 4) is 11.8 Å². The minimum absolute atomic E-state index is 0.0777. The maximum absolute atomic E-state index is 14.8. The van der Waals surface area contributed by atoms with Crippen molar-refractivity contribution in [3.05, 3.63) is 69.7 Å². The molecule has 0 spiro atoms. The smallest absolute Gasteiger partial charge is 0.296 e. The molecule has 0 bridgehead atoms. The Balaban J connectivity index is 1.95. The molecule has 3 aromatic rings. The van der Waals surface area contributed by atoms with Crippen LogP contribution in [0.4, 0.5) is 21.6 Å². The summed E-state index contributed by atoms with van der Waals surface area (Å²) in [6.07, 6.45) is 0.129. The molecule has 2 heterocycles. The van der Waals surface area contributed by atoms with Gasteiger partial charge in [0, 0.05) is 19.2 Å². The largest absolute Gasteiger partial charge is 0.495 e. The lowest BCUT2D eigenvalue weighted by Gasteiger charge is -2.35. The number of anilines is 1. The van der Waals surface area contributed by atoms with Gasteiger partial charge in [-0.05, 0) is 25.1 Å². The number of ether oxygens (including phenoxy) is 1. The normalized spacial score (nSPS) is 16.8. The van der Waals surface area contributed by atoms with E-state index in [9.17, 15) is 19.1 Å². The molecule has 1 atom stereocenters. The van der Waals surface area contributed by atoms with Gasteiger partial charge < -0.3 is 9.82 Å². The van der Waals surface area contributed by atoms with Gasteiger partial charge in [-0.25, -0.2) is 14.1 Å². The van der Waals surface area contributed by atoms with E-state index in [2.05, 4.69) is 15.2 Å². The van der Waals surface area contributed by atoms with Crippen LogP contribution in [0.3, 0.4) is 0 Å². The molecule has 35 heavy (non-hydrogen) atoms. The number of aromatic nitrogens is 2. The Labute approximate surface area is 200 Å². The number of aliphatic imine (C=N–C) groups is 1. The lowest BCUT2D eigenvalue weighted by molar-refractivity contribution is -0.384. The number of hydrogen-bond donors (Lipinski definition) is 1. The monoisotopic (exact) mass is 497 g/mol. The lowest BCUT2D eigenvalue weighted by Crippen LogP contribution is -2.37. The number of nitriles is 1. The number of nitro benzene ring substituents is 1. The second-order valence-corrected chi connectivity index (χ2v) is 10.1. The first kappa shape index (κ1) is 23.9. The molecule has 0 saturated carbocycles. The Morgan fingerprint density at radius 3 is 2.71 bits per heavy atom. The van der Waals surface area contributed by atoms with Crippen molar-refractivity contribution < 1.29 is 18.6 Å². The summed E-state index contributed by atoms with van der Waals surface area (Å²) in [4.78, 5) is 15.4. The van der Waals surface area contributed by atoms with Crippen LogP contribution in [0.2, 0.25) is 0 Å². The number of amidine groups is 1. The molecule has 1 aliphatic rings. The van der Waals surface area contributed by atoms with Crippen LogP contribution >= 0.6 is 7.44 Å². The number of aryl methyl sites for hydroxylation is 2. The first-order chi connectivity index (χ1) is 16.7. The second kappa shape index (κ2) is 9.19. The predicted molar refractivity (Wildman–Crippen MR) is 128 cm³/mol. The predicted octanol–water partition coefficient (Wildman–Crippen LogP) is 4.12. The highest BCUT2D eigenvalue weighted by Crippen LogP contribution is 2.55. The summed E-state index contributed by atoms with van der Waals surface area (Å²) in [5.41, 5.74) is 0.381. The van der Waals surface area contributed by atoms with Gasteiger partial charge in [-0.1, -0.05) is 12.1 Å². The van der Waals surface area contributed by atoms with Crippen LogP contribution in [-0.4, -0.2) is 39.4 Å². The Morgan fingerprint density at radius 2 is 2.06 bits per heavy atom. The summed E-state index contributed by atoms with van der Waals surface area (Å²) in [7, 11) is -0.997. The van der Waals surface area contributed by atoms with E-state index in [4.69, 9.17) is 10.00 Å². The number of benzene rings is 2. The molecule has 0 saturated heterocycles. The molecule has 11 nitrogen and oxygen atoms in total. The molecule has 1 aromatic heterocycles. The van der Waals surface area contributed by atoms with Crippen molar-refractivity contribution >= 4 is 35.8 Å². The molecule has 2 aromatic carbocycles. The van der Waals surface area contributed by atoms with Crippen LogP contribution in [0.5, 0.6) is 5.75 Å². The molecule has 180 valence electrons. The van der Waals surface area contributed by atoms with Crippen molar-refractivity contribution in [2.45, 2.75) is 19.9 Å². The minimum atomic E-state index is -3.88. The molecular formula is C22H21FN7O4P. The molecule has 1 aliphatic heterocycles. The Kier molecular flexibility index (Phi) is 6.28. The molecule has 0 radical (unpaired) electrons. The average Bonchev–Trinajstić information content (AvgIpc) is 3.16. The molecular weight excluding hydrogens is 476 g/mol. The van der Waals surface area contributed by atoms with Crippen LogP contribution in [0.1, 0.15) is 17.7 Å². The highest BCUT2D eigenvalue weighted by molar-refractivity contribution is 7.72. The third kappa shape index (κ3) is 4.11. The van der Waals surface area contributed by atoms with E-state index in [1.165, 1.54) is 59.9 Å². The van der Waals surface area contributed by atoms with Crippen molar-refractivity contribution in [2.75, 3.05) is 19.2 Å². The fourth-order valence-electron chi connectivity index (χ4n) is 3.86. The van der Waals surface area contributed by atoms with Gasteiger partial charge in [-0.2, -0.15) is 10.4 Å². The van der Waals surface area contributed by atoms with Crippen LogP contribution in [0.15, 0.2) is 47.5 Å². The van der Waals surface area contributed by atoms with Crippen LogP contribution in [0.25, 0.3) is 0 Å². The van der Waals surface area contributed by atoms with Gasteiger partial charge >= 0.3 is 0 Å². The van der Waals surface area contributed by atoms with Gasteiger partial charge in [0.2, 0.25) is 0 Å². The highest BCUT2D eigenvalue weighted by atomic mass is 31.2. The lowest BCUT2D eigenvalue weighted by atomic mass is 10.2. The summed E-state index contributed by atoms with van der Waals surface area (Å²) in [5, 5.41) is 28.0. The van der Waals surface area contributed by atoms with Gasteiger partial charge in [0.25, 0.3) is 13.1 Å². The standard InChI is InChI=1S/C22H21FN7O4P/c1-14-20-22(29(26-14)12-6-11-24)25-21(16-7-4-5-8-17(16)23)28(2)35(20,33)27-18-13-15(30(31)32)9-10-19(18)34-3/h4-5,7-10,13H,6,12H2,1-3H3,(H,27,33)/t35-/m0/s1. The summed E-state index contributed by atoms with van der Waals surface area (Å²) >= 11 is 0. The number of hydrogen-bond acceptors (Lipinski definition) is 7. The molecule has 1 N–H and O–H groups in total. The van der Waals surface area contributed by atoms with Crippen LogP contribution < -0.4 is 15.1 Å². The zero-order valence-electron chi connectivity index (χ0n) is 19.1. The summed E-state index contributed by atoms with van der Waals surface area (Å²) < 4.78 is 37.7. The van der Waals surface area contributed by atoms with Gasteiger partial charge in [0.05, 0.1) is 48.0 Å². The summed E-state index contributed by atoms with van der Waals surface area (Å²) in [5.74, 6) is -0.0469. The Bertz CT molecular complexity index is 1450. The maximum Gasteiger partial charge on any atom is 0.296 e. The van der Waals surface area contributed by atoms with Gasteiger partial charge in [-0.3, -0.25) is 19.3 Å². The summed E-state index contributed by atoms with van der Waals surface area (Å²) in [6.45, 7) is 1.84. The van der Waals surface area contributed by atoms with E-state index in [1.54, 1.807) is 13.0 Å². The van der Waals surface area contributed by atoms with Crippen molar-refractivity contribution in [3.63, 3.8) is 0 Å². The number of rotatable bonds is 7. The van der Waals surface area contributed by atoms with E-state index >= 15 is 0 Å². The van der Waals surface area contributed by atoms with Crippen molar-refractivity contribution in [1.29, 1.82) is 5.26 Å². The zero-order valence-corrected chi connectivity index (χ0v) is 20.0. The first-order valence-electron chi connectivity index (χ1n) is 10.4. The number of methoxy groups -OCH3 is 1. The minimum Gasteiger partial charge on any atom is -0.495 e. The van der Waals surface area contributed by atoms with Crippen LogP contribution in [-0.2, 0) is 11.1 Å². The molecule has 0 unspecified atom stereocenters. The van der Waals surface area contributed by atoms with Gasteiger partial charge in [-0.15, -0.1) is 0 Å². The highest BCUT2D eigenvalue weighted by Gasteiger charge is 2.44. The quantitative estimate of drug-likeness (QED) is 0.292.